The van der Waals surface area contributed by atoms with Gasteiger partial charge in [-0.25, -0.2) is 9.97 Å². The van der Waals surface area contributed by atoms with E-state index in [1.165, 1.54) is 54.1 Å². The highest BCUT2D eigenvalue weighted by atomic mass is 15.1. The molecule has 0 N–H and O–H groups in total. The lowest BCUT2D eigenvalue weighted by molar-refractivity contribution is 0.959. The minimum atomic E-state index is 0.899. The number of aromatic nitrogens is 5. The molecule has 0 saturated carbocycles. The SMILES string of the molecule is Cn1c(-c2ccc3c4ccccc4n(-c4ccc5c6c7ccccc7c7ccccc7c6n(-c6ccccn6)c5c4)c3c2)nc2ccccc21. The number of aryl methyl sites for hydroxylation is 1. The molecule has 4 aromatic heterocycles. The molecule has 234 valence electrons. The summed E-state index contributed by atoms with van der Waals surface area (Å²) in [4.78, 5) is 9.97. The van der Waals surface area contributed by atoms with Crippen molar-refractivity contribution < 1.29 is 0 Å². The van der Waals surface area contributed by atoms with Crippen LogP contribution in [0.15, 0.2) is 158 Å². The Bertz CT molecular complexity index is 3160. The van der Waals surface area contributed by atoms with Crippen LogP contribution in [-0.2, 0) is 7.05 Å². The van der Waals surface area contributed by atoms with Gasteiger partial charge in [0, 0.05) is 51.4 Å². The molecule has 0 spiro atoms. The fourth-order valence-electron chi connectivity index (χ4n) is 8.32. The molecule has 0 aliphatic carbocycles. The molecule has 0 radical (unpaired) electrons. The van der Waals surface area contributed by atoms with E-state index in [-0.39, 0.29) is 0 Å². The van der Waals surface area contributed by atoms with E-state index in [2.05, 4.69) is 160 Å². The van der Waals surface area contributed by atoms with Crippen LogP contribution in [0.2, 0.25) is 0 Å². The Morgan fingerprint density at radius 3 is 1.90 bits per heavy atom. The standard InChI is InChI=1S/C45H29N5/c1-48-39-19-9-7-17-37(39)47-45(48)28-21-23-33-32-14-6-8-18-38(32)49(40(33)26-28)29-22-24-36-41(27-29)50(42-20-10-11-25-46-42)44-35-16-5-3-13-31(35)30-12-2-4-15-34(30)43(36)44/h2-27H,1H3. The number of hydrogen-bond acceptors (Lipinski definition) is 2. The maximum absolute atomic E-state index is 5.05. The highest BCUT2D eigenvalue weighted by molar-refractivity contribution is 6.32. The Morgan fingerprint density at radius 2 is 1.10 bits per heavy atom. The smallest absolute Gasteiger partial charge is 0.140 e. The van der Waals surface area contributed by atoms with Crippen molar-refractivity contribution in [2.24, 2.45) is 7.05 Å². The fraction of sp³-hybridized carbons (Fsp3) is 0.0222. The summed E-state index contributed by atoms with van der Waals surface area (Å²) in [5.41, 5.74) is 8.91. The zero-order valence-electron chi connectivity index (χ0n) is 27.2. The van der Waals surface area contributed by atoms with Crippen LogP contribution in [-0.4, -0.2) is 23.7 Å². The average Bonchev–Trinajstić information content (AvgIpc) is 3.82. The molecule has 11 rings (SSSR count). The van der Waals surface area contributed by atoms with Gasteiger partial charge >= 0.3 is 0 Å². The molecule has 0 atom stereocenters. The van der Waals surface area contributed by atoms with E-state index in [1.807, 2.05) is 18.3 Å². The minimum absolute atomic E-state index is 0.899. The number of hydrogen-bond donors (Lipinski definition) is 0. The fourth-order valence-corrected chi connectivity index (χ4v) is 8.32. The summed E-state index contributed by atoms with van der Waals surface area (Å²) in [6.07, 6.45) is 1.88. The molecule has 11 aromatic rings. The number of rotatable bonds is 3. The van der Waals surface area contributed by atoms with E-state index in [4.69, 9.17) is 9.97 Å². The van der Waals surface area contributed by atoms with Crippen molar-refractivity contribution in [3.05, 3.63) is 158 Å². The van der Waals surface area contributed by atoms with Gasteiger partial charge in [0.1, 0.15) is 11.6 Å². The molecule has 5 heteroatoms. The van der Waals surface area contributed by atoms with E-state index in [0.29, 0.717) is 0 Å². The van der Waals surface area contributed by atoms with Crippen LogP contribution in [0, 0.1) is 0 Å². The molecule has 5 nitrogen and oxygen atoms in total. The van der Waals surface area contributed by atoms with Crippen molar-refractivity contribution in [2.75, 3.05) is 0 Å². The molecule has 50 heavy (non-hydrogen) atoms. The quantitative estimate of drug-likeness (QED) is 0.181. The second-order valence-electron chi connectivity index (χ2n) is 13.1. The maximum atomic E-state index is 5.05. The minimum Gasteiger partial charge on any atom is -0.327 e. The summed E-state index contributed by atoms with van der Waals surface area (Å²) in [5.74, 6) is 1.85. The molecule has 7 aromatic carbocycles. The summed E-state index contributed by atoms with van der Waals surface area (Å²) in [5, 5.41) is 9.86. The number of pyridine rings is 1. The summed E-state index contributed by atoms with van der Waals surface area (Å²) in [6, 6.07) is 54.5. The number of para-hydroxylation sites is 3. The van der Waals surface area contributed by atoms with Gasteiger partial charge in [0.15, 0.2) is 0 Å². The van der Waals surface area contributed by atoms with Crippen LogP contribution in [0.5, 0.6) is 0 Å². The van der Waals surface area contributed by atoms with Crippen LogP contribution in [0.1, 0.15) is 0 Å². The summed E-state index contributed by atoms with van der Waals surface area (Å²) >= 11 is 0. The molecule has 0 unspecified atom stereocenters. The van der Waals surface area contributed by atoms with Gasteiger partial charge in [-0.05, 0) is 64.7 Å². The first kappa shape index (κ1) is 27.3. The first-order chi connectivity index (χ1) is 24.7. The van der Waals surface area contributed by atoms with Gasteiger partial charge in [0.2, 0.25) is 0 Å². The lowest BCUT2D eigenvalue weighted by Gasteiger charge is -2.12. The maximum Gasteiger partial charge on any atom is 0.140 e. The molecule has 0 aliphatic heterocycles. The normalized spacial score (nSPS) is 12.1. The van der Waals surface area contributed by atoms with Crippen molar-refractivity contribution >= 4 is 76.2 Å². The third kappa shape index (κ3) is 3.66. The Morgan fingerprint density at radius 1 is 0.460 bits per heavy atom. The second-order valence-corrected chi connectivity index (χ2v) is 13.1. The van der Waals surface area contributed by atoms with Gasteiger partial charge in [-0.2, -0.15) is 0 Å². The van der Waals surface area contributed by atoms with Crippen LogP contribution >= 0.6 is 0 Å². The largest absolute Gasteiger partial charge is 0.327 e. The molecule has 0 amide bonds. The van der Waals surface area contributed by atoms with E-state index in [9.17, 15) is 0 Å². The Hall–Kier alpha value is -6.72. The molecule has 0 saturated heterocycles. The lowest BCUT2D eigenvalue weighted by Crippen LogP contribution is -1.99. The highest BCUT2D eigenvalue weighted by Gasteiger charge is 2.21. The highest BCUT2D eigenvalue weighted by Crippen LogP contribution is 2.43. The van der Waals surface area contributed by atoms with Crippen LogP contribution in [0.3, 0.4) is 0 Å². The lowest BCUT2D eigenvalue weighted by atomic mass is 9.97. The number of fused-ring (bicyclic) bond motifs is 12. The molecular weight excluding hydrogens is 611 g/mol. The van der Waals surface area contributed by atoms with Gasteiger partial charge in [0.25, 0.3) is 0 Å². The van der Waals surface area contributed by atoms with Crippen LogP contribution in [0.25, 0.3) is 99.1 Å². The third-order valence-electron chi connectivity index (χ3n) is 10.5. The summed E-state index contributed by atoms with van der Waals surface area (Å²) < 4.78 is 6.96. The predicted molar refractivity (Wildman–Crippen MR) is 208 cm³/mol. The first-order valence-electron chi connectivity index (χ1n) is 17.0. The van der Waals surface area contributed by atoms with Gasteiger partial charge in [0.05, 0.1) is 33.1 Å². The number of nitrogens with zero attached hydrogens (tertiary/aromatic N) is 5. The average molecular weight is 640 g/mol. The predicted octanol–water partition coefficient (Wildman–Crippen LogP) is 11.1. The third-order valence-corrected chi connectivity index (χ3v) is 10.5. The first-order valence-corrected chi connectivity index (χ1v) is 17.0. The van der Waals surface area contributed by atoms with Crippen molar-refractivity contribution in [3.63, 3.8) is 0 Å². The summed E-state index contributed by atoms with van der Waals surface area (Å²) in [7, 11) is 2.10. The van der Waals surface area contributed by atoms with E-state index < -0.39 is 0 Å². The molecule has 0 aliphatic rings. The molecule has 0 bridgehead atoms. The number of imidazole rings is 1. The van der Waals surface area contributed by atoms with Gasteiger partial charge in [-0.1, -0.05) is 103 Å². The van der Waals surface area contributed by atoms with Crippen molar-refractivity contribution in [3.8, 4) is 22.9 Å². The van der Waals surface area contributed by atoms with E-state index >= 15 is 0 Å². The zero-order valence-corrected chi connectivity index (χ0v) is 27.2. The Kier molecular flexibility index (Phi) is 5.53. The van der Waals surface area contributed by atoms with Gasteiger partial charge in [-0.15, -0.1) is 0 Å². The second kappa shape index (κ2) is 10.1. The number of benzene rings is 7. The van der Waals surface area contributed by atoms with Gasteiger partial charge < -0.3 is 9.13 Å². The Labute approximate surface area is 286 Å². The van der Waals surface area contributed by atoms with Crippen LogP contribution in [0.4, 0.5) is 0 Å². The zero-order chi connectivity index (χ0) is 32.9. The molecule has 4 heterocycles. The summed E-state index contributed by atoms with van der Waals surface area (Å²) in [6.45, 7) is 0. The van der Waals surface area contributed by atoms with Gasteiger partial charge in [-0.3, -0.25) is 4.57 Å². The van der Waals surface area contributed by atoms with E-state index in [0.717, 1.165) is 45.0 Å². The topological polar surface area (TPSA) is 40.6 Å². The molecule has 0 fully saturated rings. The van der Waals surface area contributed by atoms with Crippen molar-refractivity contribution in [1.82, 2.24) is 23.7 Å². The van der Waals surface area contributed by atoms with E-state index in [1.54, 1.807) is 0 Å². The molecular formula is C45H29N5. The van der Waals surface area contributed by atoms with Crippen LogP contribution < -0.4 is 0 Å². The Balaban J connectivity index is 1.26. The van der Waals surface area contributed by atoms with Crippen molar-refractivity contribution in [1.29, 1.82) is 0 Å². The van der Waals surface area contributed by atoms with Crippen molar-refractivity contribution in [2.45, 2.75) is 0 Å². The monoisotopic (exact) mass is 639 g/mol.